The molecule has 2 aromatic heterocycles. The number of hydrogen-bond acceptors (Lipinski definition) is 3. The molecule has 0 aliphatic carbocycles. The van der Waals surface area contributed by atoms with Gasteiger partial charge in [-0.05, 0) is 57.0 Å². The van der Waals surface area contributed by atoms with E-state index in [0.29, 0.717) is 0 Å². The number of rotatable bonds is 2. The lowest BCUT2D eigenvalue weighted by Gasteiger charge is -2.01. The third kappa shape index (κ3) is 2.99. The largest absolute Gasteiger partial charge is 0.319 e. The van der Waals surface area contributed by atoms with Gasteiger partial charge in [-0.3, -0.25) is 9.48 Å². The molecule has 3 aromatic rings. The van der Waals surface area contributed by atoms with Crippen molar-refractivity contribution in [2.24, 2.45) is 12.0 Å². The van der Waals surface area contributed by atoms with Crippen LogP contribution in [-0.4, -0.2) is 20.3 Å². The first-order valence-electron chi connectivity index (χ1n) is 7.50. The predicted octanol–water partition coefficient (Wildman–Crippen LogP) is 2.80. The Labute approximate surface area is 138 Å². The van der Waals surface area contributed by atoms with Gasteiger partial charge in [-0.25, -0.2) is 0 Å². The van der Waals surface area contributed by atoms with Gasteiger partial charge < -0.3 is 4.57 Å². The van der Waals surface area contributed by atoms with E-state index in [9.17, 15) is 4.79 Å². The lowest BCUT2D eigenvalue weighted by Crippen LogP contribution is -2.17. The lowest BCUT2D eigenvalue weighted by atomic mass is 10.1. The van der Waals surface area contributed by atoms with E-state index in [2.05, 4.69) is 36.1 Å². The summed E-state index contributed by atoms with van der Waals surface area (Å²) in [5.74, 6) is -0.188. The summed E-state index contributed by atoms with van der Waals surface area (Å²) in [6.45, 7) is 8.22. The molecule has 0 bridgehead atoms. The zero-order chi connectivity index (χ0) is 16.7. The Hall–Kier alpha value is -2.21. The Bertz CT molecular complexity index is 975. The molecule has 0 radical (unpaired) electrons. The number of aryl methyl sites for hydroxylation is 5. The molecular weight excluding hydrogens is 308 g/mol. The van der Waals surface area contributed by atoms with Gasteiger partial charge in [0.05, 0.1) is 15.9 Å². The zero-order valence-electron chi connectivity index (χ0n) is 14.0. The molecule has 2 heterocycles. The Balaban J connectivity index is 1.99. The summed E-state index contributed by atoms with van der Waals surface area (Å²) in [6, 6.07) is 6.25. The third-order valence-electron chi connectivity index (χ3n) is 4.03. The Morgan fingerprint density at radius 1 is 1.17 bits per heavy atom. The first kappa shape index (κ1) is 15.7. The second-order valence-electron chi connectivity index (χ2n) is 5.94. The molecule has 0 fully saturated rings. The molecule has 0 N–H and O–H groups in total. The van der Waals surface area contributed by atoms with Gasteiger partial charge >= 0.3 is 0 Å². The first-order valence-corrected chi connectivity index (χ1v) is 8.32. The van der Waals surface area contributed by atoms with Crippen LogP contribution in [0.5, 0.6) is 0 Å². The van der Waals surface area contributed by atoms with E-state index < -0.39 is 0 Å². The molecule has 0 atom stereocenters. The van der Waals surface area contributed by atoms with Crippen molar-refractivity contribution in [1.29, 1.82) is 0 Å². The van der Waals surface area contributed by atoms with Crippen molar-refractivity contribution in [3.63, 3.8) is 0 Å². The maximum atomic E-state index is 12.3. The molecule has 0 saturated carbocycles. The van der Waals surface area contributed by atoms with Gasteiger partial charge in [0.1, 0.15) is 6.54 Å². The molecule has 0 aliphatic rings. The van der Waals surface area contributed by atoms with Crippen LogP contribution in [-0.2, 0) is 18.4 Å². The molecule has 0 aliphatic heterocycles. The van der Waals surface area contributed by atoms with Crippen molar-refractivity contribution in [3.8, 4) is 0 Å². The van der Waals surface area contributed by atoms with E-state index in [0.717, 1.165) is 26.4 Å². The summed E-state index contributed by atoms with van der Waals surface area (Å²) in [4.78, 5) is 17.3. The second kappa shape index (κ2) is 5.77. The molecule has 1 amide bonds. The van der Waals surface area contributed by atoms with Crippen molar-refractivity contribution in [1.82, 2.24) is 14.3 Å². The van der Waals surface area contributed by atoms with Crippen LogP contribution in [0, 0.1) is 27.7 Å². The normalized spacial score (nSPS) is 12.3. The number of amides is 1. The summed E-state index contributed by atoms with van der Waals surface area (Å²) in [5, 5.41) is 4.31. The molecule has 1 aromatic carbocycles. The highest BCUT2D eigenvalue weighted by Crippen LogP contribution is 2.21. The van der Waals surface area contributed by atoms with Crippen molar-refractivity contribution in [2.75, 3.05) is 0 Å². The standard InChI is InChI=1S/C17H20N4OS/c1-10-6-14-15(7-11(10)2)23-17(20(14)5)18-16(22)9-21-13(4)8-12(3)19-21/h6-8H,9H2,1-5H3. The fourth-order valence-electron chi connectivity index (χ4n) is 2.59. The summed E-state index contributed by atoms with van der Waals surface area (Å²) >= 11 is 1.54. The van der Waals surface area contributed by atoms with Crippen LogP contribution in [0.3, 0.4) is 0 Å². The van der Waals surface area contributed by atoms with Gasteiger partial charge in [-0.15, -0.1) is 0 Å². The van der Waals surface area contributed by atoms with Crippen LogP contribution in [0.2, 0.25) is 0 Å². The molecule has 0 unspecified atom stereocenters. The average molecular weight is 328 g/mol. The monoisotopic (exact) mass is 328 g/mol. The maximum absolute atomic E-state index is 12.3. The SMILES string of the molecule is Cc1cc(C)n(CC(=O)N=c2sc3cc(C)c(C)cc3n2C)n1. The Kier molecular flexibility index (Phi) is 3.93. The summed E-state index contributed by atoms with van der Waals surface area (Å²) in [6.07, 6.45) is 0. The number of carbonyl (C=O) groups is 1. The van der Waals surface area contributed by atoms with E-state index >= 15 is 0 Å². The number of thiazole rings is 1. The minimum absolute atomic E-state index is 0.173. The van der Waals surface area contributed by atoms with Crippen LogP contribution < -0.4 is 4.80 Å². The molecule has 0 spiro atoms. The Morgan fingerprint density at radius 3 is 2.52 bits per heavy atom. The smallest absolute Gasteiger partial charge is 0.270 e. The van der Waals surface area contributed by atoms with Crippen LogP contribution in [0.4, 0.5) is 0 Å². The summed E-state index contributed by atoms with van der Waals surface area (Å²) in [7, 11) is 1.95. The van der Waals surface area contributed by atoms with Crippen molar-refractivity contribution in [3.05, 3.63) is 45.5 Å². The zero-order valence-corrected chi connectivity index (χ0v) is 14.9. The van der Waals surface area contributed by atoms with Crippen LogP contribution in [0.15, 0.2) is 23.2 Å². The van der Waals surface area contributed by atoms with Crippen LogP contribution in [0.25, 0.3) is 10.2 Å². The highest BCUT2D eigenvalue weighted by atomic mass is 32.1. The van der Waals surface area contributed by atoms with E-state index in [1.807, 2.05) is 31.5 Å². The molecule has 3 rings (SSSR count). The maximum Gasteiger partial charge on any atom is 0.270 e. The van der Waals surface area contributed by atoms with E-state index in [-0.39, 0.29) is 12.5 Å². The molecule has 120 valence electrons. The number of nitrogens with zero attached hydrogens (tertiary/aromatic N) is 4. The topological polar surface area (TPSA) is 52.2 Å². The highest BCUT2D eigenvalue weighted by molar-refractivity contribution is 7.16. The third-order valence-corrected chi connectivity index (χ3v) is 5.13. The number of aromatic nitrogens is 3. The number of hydrogen-bond donors (Lipinski definition) is 0. The predicted molar refractivity (Wildman–Crippen MR) is 92.5 cm³/mol. The first-order chi connectivity index (χ1) is 10.8. The molecule has 6 heteroatoms. The van der Waals surface area contributed by atoms with Gasteiger partial charge in [-0.2, -0.15) is 10.1 Å². The lowest BCUT2D eigenvalue weighted by molar-refractivity contribution is -0.118. The van der Waals surface area contributed by atoms with E-state index in [4.69, 9.17) is 0 Å². The van der Waals surface area contributed by atoms with Gasteiger partial charge in [0.15, 0.2) is 4.80 Å². The molecular formula is C17H20N4OS. The van der Waals surface area contributed by atoms with Crippen LogP contribution in [0.1, 0.15) is 22.5 Å². The van der Waals surface area contributed by atoms with E-state index in [1.165, 1.54) is 11.1 Å². The van der Waals surface area contributed by atoms with Gasteiger partial charge in [0.25, 0.3) is 5.91 Å². The fraction of sp³-hybridized carbons (Fsp3) is 0.353. The molecule has 23 heavy (non-hydrogen) atoms. The van der Waals surface area contributed by atoms with E-state index in [1.54, 1.807) is 16.0 Å². The van der Waals surface area contributed by atoms with Gasteiger partial charge in [0, 0.05) is 12.7 Å². The summed E-state index contributed by atoms with van der Waals surface area (Å²) in [5.41, 5.74) is 5.48. The number of benzene rings is 1. The molecule has 5 nitrogen and oxygen atoms in total. The van der Waals surface area contributed by atoms with Crippen molar-refractivity contribution < 1.29 is 4.79 Å². The summed E-state index contributed by atoms with van der Waals surface area (Å²) < 4.78 is 4.82. The number of carbonyl (C=O) groups excluding carboxylic acids is 1. The minimum atomic E-state index is -0.188. The Morgan fingerprint density at radius 2 is 1.87 bits per heavy atom. The fourth-order valence-corrected chi connectivity index (χ4v) is 3.71. The van der Waals surface area contributed by atoms with Crippen molar-refractivity contribution in [2.45, 2.75) is 34.2 Å². The molecule has 0 saturated heterocycles. The second-order valence-corrected chi connectivity index (χ2v) is 6.95. The number of fused-ring (bicyclic) bond motifs is 1. The minimum Gasteiger partial charge on any atom is -0.319 e. The average Bonchev–Trinajstić information content (AvgIpc) is 2.92. The van der Waals surface area contributed by atoms with Crippen LogP contribution >= 0.6 is 11.3 Å². The van der Waals surface area contributed by atoms with Gasteiger partial charge in [-0.1, -0.05) is 11.3 Å². The highest BCUT2D eigenvalue weighted by Gasteiger charge is 2.09. The quantitative estimate of drug-likeness (QED) is 0.726. The van der Waals surface area contributed by atoms with Gasteiger partial charge in [0.2, 0.25) is 0 Å². The van der Waals surface area contributed by atoms with Crippen molar-refractivity contribution >= 4 is 27.5 Å².